The maximum Gasteiger partial charge on any atom is 0.0578 e. The van der Waals surface area contributed by atoms with E-state index in [4.69, 9.17) is 4.74 Å². The van der Waals surface area contributed by atoms with Crippen molar-refractivity contribution >= 4 is 0 Å². The quantitative estimate of drug-likeness (QED) is 0.450. The average molecular weight is 295 g/mol. The van der Waals surface area contributed by atoms with E-state index in [0.717, 1.165) is 24.4 Å². The molecule has 0 saturated heterocycles. The molecule has 0 aromatic heterocycles. The summed E-state index contributed by atoms with van der Waals surface area (Å²) in [6.45, 7) is 5.50. The number of rotatable bonds is 9. The largest absolute Gasteiger partial charge is 0.378 e. The first kappa shape index (κ1) is 17.3. The maximum absolute atomic E-state index is 6.01. The maximum atomic E-state index is 6.01. The Morgan fingerprint density at radius 1 is 0.762 bits per heavy atom. The van der Waals surface area contributed by atoms with E-state index in [1.54, 1.807) is 6.42 Å². The second kappa shape index (κ2) is 9.87. The van der Waals surface area contributed by atoms with Gasteiger partial charge in [0.25, 0.3) is 0 Å². The molecule has 0 aromatic rings. The summed E-state index contributed by atoms with van der Waals surface area (Å²) in [6, 6.07) is 0. The van der Waals surface area contributed by atoms with Crippen LogP contribution >= 0.6 is 0 Å². The van der Waals surface area contributed by atoms with Crippen LogP contribution in [0.2, 0.25) is 0 Å². The van der Waals surface area contributed by atoms with Gasteiger partial charge in [0.1, 0.15) is 0 Å². The van der Waals surface area contributed by atoms with E-state index in [1.807, 2.05) is 0 Å². The lowest BCUT2D eigenvalue weighted by Crippen LogP contribution is -2.34. The molecule has 21 heavy (non-hydrogen) atoms. The first-order valence-corrected chi connectivity index (χ1v) is 9.95. The summed E-state index contributed by atoms with van der Waals surface area (Å²) in [5.74, 6) is 3.10. The molecule has 124 valence electrons. The van der Waals surface area contributed by atoms with Gasteiger partial charge in [0, 0.05) is 6.61 Å². The topological polar surface area (TPSA) is 9.23 Å². The molecule has 0 aromatic carbocycles. The summed E-state index contributed by atoms with van der Waals surface area (Å²) < 4.78 is 6.01. The van der Waals surface area contributed by atoms with E-state index in [2.05, 4.69) is 13.8 Å². The Morgan fingerprint density at radius 2 is 1.52 bits per heavy atom. The van der Waals surface area contributed by atoms with E-state index in [-0.39, 0.29) is 0 Å². The van der Waals surface area contributed by atoms with Crippen LogP contribution in [0.5, 0.6) is 0 Å². The Bertz CT molecular complexity index is 263. The highest BCUT2D eigenvalue weighted by Gasteiger charge is 2.35. The number of ether oxygens (including phenoxy) is 1. The van der Waals surface area contributed by atoms with Crippen molar-refractivity contribution in [2.24, 2.45) is 17.8 Å². The van der Waals surface area contributed by atoms with Gasteiger partial charge in [-0.1, -0.05) is 58.8 Å². The summed E-state index contributed by atoms with van der Waals surface area (Å²) in [5.41, 5.74) is 0. The third kappa shape index (κ3) is 5.93. The zero-order valence-electron chi connectivity index (χ0n) is 14.6. The van der Waals surface area contributed by atoms with Gasteiger partial charge in [0.05, 0.1) is 6.10 Å². The van der Waals surface area contributed by atoms with Crippen LogP contribution < -0.4 is 0 Å². The standard InChI is InChI=1S/C20H38O/c1-3-5-6-7-8-9-17-10-11-19-16-20(21-14-4-2)13-12-18(19)15-17/h17-20H,3-16H2,1-2H3/t17?,18-,19?,20-/m1/s1. The summed E-state index contributed by atoms with van der Waals surface area (Å²) in [7, 11) is 0. The van der Waals surface area contributed by atoms with E-state index < -0.39 is 0 Å². The van der Waals surface area contributed by atoms with Gasteiger partial charge in [-0.2, -0.15) is 0 Å². The van der Waals surface area contributed by atoms with Crippen molar-refractivity contribution in [3.63, 3.8) is 0 Å². The summed E-state index contributed by atoms with van der Waals surface area (Å²) in [5, 5.41) is 0. The molecule has 4 atom stereocenters. The number of unbranched alkanes of at least 4 members (excludes halogenated alkanes) is 4. The van der Waals surface area contributed by atoms with Crippen LogP contribution in [0, 0.1) is 17.8 Å². The molecule has 0 heterocycles. The highest BCUT2D eigenvalue weighted by Crippen LogP contribution is 2.44. The number of hydrogen-bond acceptors (Lipinski definition) is 1. The molecule has 1 nitrogen and oxygen atoms in total. The lowest BCUT2D eigenvalue weighted by Gasteiger charge is -2.42. The molecule has 0 aliphatic heterocycles. The SMILES string of the molecule is CCCCCCCC1CCC2C[C@H](OCCC)CC[C@@H]2C1. The van der Waals surface area contributed by atoms with Crippen molar-refractivity contribution in [1.82, 2.24) is 0 Å². The van der Waals surface area contributed by atoms with Crippen LogP contribution in [-0.2, 0) is 4.74 Å². The van der Waals surface area contributed by atoms with Crippen LogP contribution in [0.25, 0.3) is 0 Å². The summed E-state index contributed by atoms with van der Waals surface area (Å²) in [6.07, 6.45) is 19.2. The molecule has 2 saturated carbocycles. The van der Waals surface area contributed by atoms with Crippen LogP contribution in [-0.4, -0.2) is 12.7 Å². The molecule has 2 aliphatic carbocycles. The van der Waals surface area contributed by atoms with Gasteiger partial charge in [0.2, 0.25) is 0 Å². The molecule has 0 amide bonds. The van der Waals surface area contributed by atoms with Crippen LogP contribution in [0.3, 0.4) is 0 Å². The molecule has 2 aliphatic rings. The van der Waals surface area contributed by atoms with Crippen molar-refractivity contribution in [2.45, 2.75) is 103 Å². The van der Waals surface area contributed by atoms with Crippen molar-refractivity contribution in [1.29, 1.82) is 0 Å². The summed E-state index contributed by atoms with van der Waals surface area (Å²) in [4.78, 5) is 0. The molecule has 0 N–H and O–H groups in total. The molecular weight excluding hydrogens is 256 g/mol. The van der Waals surface area contributed by atoms with Gasteiger partial charge in [-0.3, -0.25) is 0 Å². The van der Waals surface area contributed by atoms with E-state index >= 15 is 0 Å². The zero-order chi connectivity index (χ0) is 14.9. The third-order valence-corrected chi connectivity index (χ3v) is 5.95. The second-order valence-corrected chi connectivity index (χ2v) is 7.71. The van der Waals surface area contributed by atoms with E-state index in [9.17, 15) is 0 Å². The van der Waals surface area contributed by atoms with Gasteiger partial charge in [-0.25, -0.2) is 0 Å². The lowest BCUT2D eigenvalue weighted by molar-refractivity contribution is -0.0195. The fraction of sp³-hybridized carbons (Fsp3) is 1.00. The zero-order valence-corrected chi connectivity index (χ0v) is 14.6. The predicted octanol–water partition coefficient (Wildman–Crippen LogP) is 6.36. The number of hydrogen-bond donors (Lipinski definition) is 0. The Kier molecular flexibility index (Phi) is 8.14. The minimum atomic E-state index is 0.594. The fourth-order valence-electron chi connectivity index (χ4n) is 4.68. The summed E-state index contributed by atoms with van der Waals surface area (Å²) >= 11 is 0. The van der Waals surface area contributed by atoms with Crippen LogP contribution in [0.4, 0.5) is 0 Å². The number of fused-ring (bicyclic) bond motifs is 1. The Morgan fingerprint density at radius 3 is 2.33 bits per heavy atom. The monoisotopic (exact) mass is 294 g/mol. The molecule has 2 rings (SSSR count). The Labute approximate surface area is 133 Å². The molecule has 0 radical (unpaired) electrons. The molecular formula is C20H38O. The fourth-order valence-corrected chi connectivity index (χ4v) is 4.68. The molecule has 0 spiro atoms. The van der Waals surface area contributed by atoms with Crippen molar-refractivity contribution in [2.75, 3.05) is 6.61 Å². The molecule has 1 heteroatoms. The minimum Gasteiger partial charge on any atom is -0.378 e. The molecule has 2 unspecified atom stereocenters. The highest BCUT2D eigenvalue weighted by molar-refractivity contribution is 4.86. The first-order valence-electron chi connectivity index (χ1n) is 9.95. The van der Waals surface area contributed by atoms with E-state index in [1.165, 1.54) is 77.0 Å². The minimum absolute atomic E-state index is 0.594. The van der Waals surface area contributed by atoms with Gasteiger partial charge in [-0.05, 0) is 56.3 Å². The Balaban J connectivity index is 1.61. The third-order valence-electron chi connectivity index (χ3n) is 5.95. The normalized spacial score (nSPS) is 32.9. The van der Waals surface area contributed by atoms with Crippen molar-refractivity contribution in [3.05, 3.63) is 0 Å². The van der Waals surface area contributed by atoms with Gasteiger partial charge in [0.15, 0.2) is 0 Å². The van der Waals surface area contributed by atoms with E-state index in [0.29, 0.717) is 6.10 Å². The second-order valence-electron chi connectivity index (χ2n) is 7.71. The van der Waals surface area contributed by atoms with Crippen LogP contribution in [0.1, 0.15) is 97.3 Å². The van der Waals surface area contributed by atoms with Gasteiger partial charge >= 0.3 is 0 Å². The van der Waals surface area contributed by atoms with Gasteiger partial charge < -0.3 is 4.74 Å². The molecule has 2 fully saturated rings. The van der Waals surface area contributed by atoms with Crippen molar-refractivity contribution in [3.8, 4) is 0 Å². The average Bonchev–Trinajstić information content (AvgIpc) is 2.52. The highest BCUT2D eigenvalue weighted by atomic mass is 16.5. The Hall–Kier alpha value is -0.0400. The van der Waals surface area contributed by atoms with Crippen molar-refractivity contribution < 1.29 is 4.74 Å². The first-order chi connectivity index (χ1) is 10.3. The smallest absolute Gasteiger partial charge is 0.0578 e. The van der Waals surface area contributed by atoms with Crippen LogP contribution in [0.15, 0.2) is 0 Å². The predicted molar refractivity (Wildman–Crippen MR) is 91.6 cm³/mol. The lowest BCUT2D eigenvalue weighted by atomic mass is 9.66. The van der Waals surface area contributed by atoms with Gasteiger partial charge in [-0.15, -0.1) is 0 Å². The molecule has 0 bridgehead atoms.